The van der Waals surface area contributed by atoms with Crippen molar-refractivity contribution in [1.82, 2.24) is 5.01 Å². The second kappa shape index (κ2) is 5.68. The van der Waals surface area contributed by atoms with Gasteiger partial charge in [0.05, 0.1) is 11.8 Å². The number of phenolic OH excluding ortho intramolecular Hbond substituents is 1. The first-order valence-corrected chi connectivity index (χ1v) is 6.86. The maximum Gasteiger partial charge on any atom is 0.162 e. The Hall–Kier alpha value is -2.80. The molecule has 2 aromatic carbocycles. The lowest BCUT2D eigenvalue weighted by molar-refractivity contribution is 0.269. The van der Waals surface area contributed by atoms with Crippen LogP contribution in [0.4, 0.5) is 0 Å². The molecule has 21 heavy (non-hydrogen) atoms. The van der Waals surface area contributed by atoms with Crippen LogP contribution in [-0.2, 0) is 0 Å². The Morgan fingerprint density at radius 1 is 1.10 bits per heavy atom. The van der Waals surface area contributed by atoms with Crippen LogP contribution in [0.1, 0.15) is 23.6 Å². The van der Waals surface area contributed by atoms with Crippen LogP contribution >= 0.6 is 0 Å². The summed E-state index contributed by atoms with van der Waals surface area (Å²) in [6.07, 6.45) is 0.801. The molecule has 0 unspecified atom stereocenters. The van der Waals surface area contributed by atoms with Crippen LogP contribution in [0, 0.1) is 11.3 Å². The van der Waals surface area contributed by atoms with E-state index in [-0.39, 0.29) is 5.75 Å². The molecule has 0 saturated heterocycles. The normalized spacial score (nSPS) is 15.4. The molecule has 0 saturated carbocycles. The van der Waals surface area contributed by atoms with Gasteiger partial charge in [-0.15, -0.1) is 0 Å². The molecular weight excluding hydrogens is 262 g/mol. The van der Waals surface area contributed by atoms with Gasteiger partial charge in [0, 0.05) is 18.5 Å². The molecule has 1 heterocycles. The van der Waals surface area contributed by atoms with Gasteiger partial charge in [0.25, 0.3) is 0 Å². The maximum absolute atomic E-state index is 9.93. The Kier molecular flexibility index (Phi) is 3.57. The fourth-order valence-electron chi connectivity index (χ4n) is 2.51. The van der Waals surface area contributed by atoms with E-state index in [2.05, 4.69) is 11.2 Å². The van der Waals surface area contributed by atoms with Gasteiger partial charge in [-0.25, -0.2) is 0 Å². The third kappa shape index (κ3) is 2.59. The molecule has 0 radical (unpaired) electrons. The van der Waals surface area contributed by atoms with E-state index in [0.29, 0.717) is 12.1 Å². The van der Waals surface area contributed by atoms with Crippen LogP contribution in [0.2, 0.25) is 0 Å². The summed E-state index contributed by atoms with van der Waals surface area (Å²) in [5.41, 5.74) is 2.65. The largest absolute Gasteiger partial charge is 0.508 e. The summed E-state index contributed by atoms with van der Waals surface area (Å²) >= 11 is 0. The Bertz CT molecular complexity index is 703. The van der Waals surface area contributed by atoms with Gasteiger partial charge >= 0.3 is 0 Å². The second-order valence-electron chi connectivity index (χ2n) is 4.92. The summed E-state index contributed by atoms with van der Waals surface area (Å²) in [7, 11) is 0. The number of hydrogen-bond donors (Lipinski definition) is 1. The van der Waals surface area contributed by atoms with Crippen molar-refractivity contribution in [3.8, 4) is 11.8 Å². The molecule has 1 aliphatic heterocycles. The van der Waals surface area contributed by atoms with Crippen LogP contribution in [0.3, 0.4) is 0 Å². The highest BCUT2D eigenvalue weighted by Gasteiger charge is 2.26. The van der Waals surface area contributed by atoms with Gasteiger partial charge in [0.1, 0.15) is 5.75 Å². The van der Waals surface area contributed by atoms with Gasteiger partial charge in [-0.05, 0) is 11.6 Å². The average Bonchev–Trinajstić information content (AvgIpc) is 3.00. The fraction of sp³-hybridized carbons (Fsp3) is 0.176. The van der Waals surface area contributed by atoms with Gasteiger partial charge in [0.15, 0.2) is 6.04 Å². The van der Waals surface area contributed by atoms with E-state index in [9.17, 15) is 10.4 Å². The smallest absolute Gasteiger partial charge is 0.162 e. The van der Waals surface area contributed by atoms with Crippen LogP contribution in [-0.4, -0.2) is 22.4 Å². The summed E-state index contributed by atoms with van der Waals surface area (Å²) in [4.78, 5) is 0. The van der Waals surface area contributed by atoms with Crippen molar-refractivity contribution >= 4 is 5.71 Å². The number of nitriles is 1. The van der Waals surface area contributed by atoms with Crippen LogP contribution in [0.5, 0.6) is 5.75 Å². The van der Waals surface area contributed by atoms with Gasteiger partial charge in [-0.3, -0.25) is 5.01 Å². The van der Waals surface area contributed by atoms with Gasteiger partial charge in [-0.2, -0.15) is 10.4 Å². The van der Waals surface area contributed by atoms with Crippen molar-refractivity contribution in [2.45, 2.75) is 12.5 Å². The molecule has 104 valence electrons. The molecular formula is C17H15N3O. The molecule has 0 aliphatic carbocycles. The van der Waals surface area contributed by atoms with Gasteiger partial charge in [0.2, 0.25) is 0 Å². The lowest BCUT2D eigenvalue weighted by Crippen LogP contribution is -2.20. The van der Waals surface area contributed by atoms with E-state index in [4.69, 9.17) is 0 Å². The highest BCUT2D eigenvalue weighted by Crippen LogP contribution is 2.30. The Balaban J connectivity index is 1.89. The fourth-order valence-corrected chi connectivity index (χ4v) is 2.51. The summed E-state index contributed by atoms with van der Waals surface area (Å²) < 4.78 is 0. The molecule has 4 heteroatoms. The zero-order valence-corrected chi connectivity index (χ0v) is 11.5. The Morgan fingerprint density at radius 3 is 2.52 bits per heavy atom. The van der Waals surface area contributed by atoms with Crippen LogP contribution in [0.25, 0.3) is 0 Å². The molecule has 2 aromatic rings. The minimum absolute atomic E-state index is 0.132. The van der Waals surface area contributed by atoms with E-state index in [1.54, 1.807) is 23.2 Å². The molecule has 0 fully saturated rings. The quantitative estimate of drug-likeness (QED) is 0.938. The van der Waals surface area contributed by atoms with Gasteiger partial charge in [-0.1, -0.05) is 48.5 Å². The van der Waals surface area contributed by atoms with Crippen molar-refractivity contribution in [3.63, 3.8) is 0 Å². The number of rotatable bonds is 3. The number of phenols is 1. The monoisotopic (exact) mass is 277 g/mol. The second-order valence-corrected chi connectivity index (χ2v) is 4.92. The molecule has 0 bridgehead atoms. The molecule has 1 N–H and O–H groups in total. The van der Waals surface area contributed by atoms with Crippen molar-refractivity contribution in [3.05, 3.63) is 65.7 Å². The lowest BCUT2D eigenvalue weighted by atomic mass is 10.1. The van der Waals surface area contributed by atoms with Crippen LogP contribution in [0.15, 0.2) is 59.7 Å². The van der Waals surface area contributed by atoms with E-state index in [1.807, 2.05) is 36.4 Å². The number of benzene rings is 2. The first-order valence-electron chi connectivity index (χ1n) is 6.86. The number of aromatic hydroxyl groups is 1. The molecule has 0 amide bonds. The van der Waals surface area contributed by atoms with E-state index in [1.165, 1.54) is 0 Å². The first-order chi connectivity index (χ1) is 10.3. The maximum atomic E-state index is 9.93. The molecule has 3 rings (SSSR count). The molecule has 1 atom stereocenters. The first kappa shape index (κ1) is 13.2. The summed E-state index contributed by atoms with van der Waals surface area (Å²) in [6, 6.07) is 18.5. The van der Waals surface area contributed by atoms with Crippen molar-refractivity contribution in [2.24, 2.45) is 5.10 Å². The van der Waals surface area contributed by atoms with Crippen molar-refractivity contribution in [2.75, 3.05) is 6.54 Å². The molecule has 0 spiro atoms. The van der Waals surface area contributed by atoms with Crippen molar-refractivity contribution in [1.29, 1.82) is 5.26 Å². The third-order valence-electron chi connectivity index (χ3n) is 3.59. The zero-order valence-electron chi connectivity index (χ0n) is 11.5. The summed E-state index contributed by atoms with van der Waals surface area (Å²) in [6.45, 7) is 0.677. The lowest BCUT2D eigenvalue weighted by Gasteiger charge is -2.20. The Morgan fingerprint density at radius 2 is 1.81 bits per heavy atom. The number of para-hydroxylation sites is 1. The molecule has 1 aliphatic rings. The zero-order chi connectivity index (χ0) is 14.7. The minimum Gasteiger partial charge on any atom is -0.508 e. The SMILES string of the molecule is N#C[C@@H](c1ccccc1O)N1CCC(c2ccccc2)=N1. The standard InChI is InChI=1S/C17H15N3O/c18-12-16(14-8-4-5-9-17(14)21)20-11-10-15(19-20)13-6-2-1-3-7-13/h1-9,16,21H,10-11H2/t16-/m0/s1. The van der Waals surface area contributed by atoms with E-state index in [0.717, 1.165) is 17.7 Å². The van der Waals surface area contributed by atoms with Crippen molar-refractivity contribution < 1.29 is 5.11 Å². The van der Waals surface area contributed by atoms with E-state index < -0.39 is 6.04 Å². The van der Waals surface area contributed by atoms with Gasteiger partial charge < -0.3 is 5.11 Å². The van der Waals surface area contributed by atoms with Crippen LogP contribution < -0.4 is 0 Å². The predicted molar refractivity (Wildman–Crippen MR) is 80.8 cm³/mol. The highest BCUT2D eigenvalue weighted by atomic mass is 16.3. The summed E-state index contributed by atoms with van der Waals surface area (Å²) in [5.74, 6) is 0.132. The van der Waals surface area contributed by atoms with E-state index >= 15 is 0 Å². The Labute approximate surface area is 123 Å². The number of hydrogen-bond acceptors (Lipinski definition) is 4. The highest BCUT2D eigenvalue weighted by molar-refractivity contribution is 6.01. The predicted octanol–water partition coefficient (Wildman–Crippen LogP) is 3.07. The molecule has 0 aromatic heterocycles. The topological polar surface area (TPSA) is 59.6 Å². The minimum atomic E-state index is -0.563. The number of hydrazone groups is 1. The summed E-state index contributed by atoms with van der Waals surface area (Å²) in [5, 5.41) is 25.7. The average molecular weight is 277 g/mol. The molecule has 4 nitrogen and oxygen atoms in total. The number of nitrogens with zero attached hydrogens (tertiary/aromatic N) is 3. The third-order valence-corrected chi connectivity index (χ3v) is 3.59.